The van der Waals surface area contributed by atoms with Gasteiger partial charge in [-0.25, -0.2) is 9.13 Å². The Morgan fingerprint density at radius 2 is 1.18 bits per heavy atom. The highest BCUT2D eigenvalue weighted by molar-refractivity contribution is 5.22. The Balaban J connectivity index is 1.52. The molecule has 0 amide bonds. The lowest BCUT2D eigenvalue weighted by atomic mass is 9.96. The molecule has 0 bridgehead atoms. The van der Waals surface area contributed by atoms with Gasteiger partial charge >= 0.3 is 0 Å². The van der Waals surface area contributed by atoms with E-state index >= 15 is 0 Å². The molecule has 0 spiro atoms. The first-order valence-corrected chi connectivity index (χ1v) is 15.9. The van der Waals surface area contributed by atoms with Crippen molar-refractivity contribution in [2.24, 2.45) is 0 Å². The molecule has 208 valence electrons. The Bertz CT molecular complexity index is 989. The molecule has 0 radical (unpaired) electrons. The first kappa shape index (κ1) is 30.2. The van der Waals surface area contributed by atoms with E-state index < -0.39 is 0 Å². The fraction of sp³-hybridized carbons (Fsp3) is 0.583. The van der Waals surface area contributed by atoms with Gasteiger partial charge in [-0.15, -0.1) is 0 Å². The second-order valence-electron chi connectivity index (χ2n) is 11.4. The Hall–Kier alpha value is -2.35. The summed E-state index contributed by atoms with van der Waals surface area (Å²) in [7, 11) is 0. The van der Waals surface area contributed by atoms with Crippen LogP contribution in [0.1, 0.15) is 133 Å². The molecule has 0 saturated heterocycles. The minimum Gasteiger partial charge on any atom is -0.234 e. The molecule has 0 aliphatic heterocycles. The summed E-state index contributed by atoms with van der Waals surface area (Å²) in [6.07, 6.45) is 22.8. The highest BCUT2D eigenvalue weighted by atomic mass is 15.2. The molecule has 2 nitrogen and oxygen atoms in total. The van der Waals surface area contributed by atoms with E-state index in [9.17, 15) is 0 Å². The molecule has 0 aliphatic carbocycles. The largest absolute Gasteiger partial charge is 0.261 e. The van der Waals surface area contributed by atoms with Gasteiger partial charge in [-0.05, 0) is 36.8 Å². The number of aryl methyl sites for hydroxylation is 1. The van der Waals surface area contributed by atoms with Gasteiger partial charge < -0.3 is 0 Å². The third-order valence-electron chi connectivity index (χ3n) is 8.21. The summed E-state index contributed by atoms with van der Waals surface area (Å²) >= 11 is 0. The lowest BCUT2D eigenvalue weighted by molar-refractivity contribution is -0.700. The molecule has 3 aromatic rings. The van der Waals surface area contributed by atoms with Crippen LogP contribution in [0.25, 0.3) is 0 Å². The summed E-state index contributed by atoms with van der Waals surface area (Å²) in [6, 6.07) is 22.0. The Morgan fingerprint density at radius 1 is 0.658 bits per heavy atom. The third kappa shape index (κ3) is 10.4. The van der Waals surface area contributed by atoms with Gasteiger partial charge in [0.25, 0.3) is 5.82 Å². The lowest BCUT2D eigenvalue weighted by Crippen LogP contribution is -2.36. The van der Waals surface area contributed by atoms with Gasteiger partial charge in [0, 0.05) is 6.42 Å². The second-order valence-corrected chi connectivity index (χ2v) is 11.4. The maximum absolute atomic E-state index is 2.68. The molecule has 2 heteroatoms. The molecule has 1 heterocycles. The lowest BCUT2D eigenvalue weighted by Gasteiger charge is -2.12. The molecule has 3 rings (SSSR count). The fourth-order valence-corrected chi connectivity index (χ4v) is 5.83. The zero-order chi connectivity index (χ0) is 26.8. The molecule has 1 aromatic heterocycles. The van der Waals surface area contributed by atoms with Crippen LogP contribution in [0.3, 0.4) is 0 Å². The highest BCUT2D eigenvalue weighted by Crippen LogP contribution is 2.22. The van der Waals surface area contributed by atoms with Crippen molar-refractivity contribution in [3.8, 4) is 0 Å². The Labute approximate surface area is 234 Å². The van der Waals surface area contributed by atoms with Crippen molar-refractivity contribution in [3.05, 3.63) is 89.5 Å². The van der Waals surface area contributed by atoms with E-state index in [4.69, 9.17) is 0 Å². The number of aromatic nitrogens is 2. The number of hydrogen-bond acceptors (Lipinski definition) is 0. The number of nitrogens with zero attached hydrogens (tertiary/aromatic N) is 2. The average molecular weight is 516 g/mol. The van der Waals surface area contributed by atoms with Crippen LogP contribution in [0.15, 0.2) is 66.9 Å². The zero-order valence-electron chi connectivity index (χ0n) is 24.8. The molecular weight excluding hydrogens is 460 g/mol. The smallest absolute Gasteiger partial charge is 0.234 e. The van der Waals surface area contributed by atoms with Gasteiger partial charge in [-0.1, -0.05) is 145 Å². The van der Waals surface area contributed by atoms with Crippen LogP contribution in [0.5, 0.6) is 0 Å². The normalized spacial score (nSPS) is 12.2. The van der Waals surface area contributed by atoms with Crippen molar-refractivity contribution in [2.75, 3.05) is 0 Å². The van der Waals surface area contributed by atoms with E-state index in [1.54, 1.807) is 0 Å². The summed E-state index contributed by atoms with van der Waals surface area (Å²) in [4.78, 5) is 0. The number of rotatable bonds is 20. The van der Waals surface area contributed by atoms with Crippen LogP contribution in [0.4, 0.5) is 0 Å². The SMILES string of the molecule is CCCCCCCCCCCCCCCn1c(CC(C)c2ccccc2)c[n+](CC)c1Cc1ccccc1. The van der Waals surface area contributed by atoms with Crippen LogP contribution in [0, 0.1) is 0 Å². The van der Waals surface area contributed by atoms with E-state index in [0.29, 0.717) is 5.92 Å². The monoisotopic (exact) mass is 515 g/mol. The first-order valence-electron chi connectivity index (χ1n) is 15.9. The maximum Gasteiger partial charge on any atom is 0.261 e. The minimum absolute atomic E-state index is 0.520. The quantitative estimate of drug-likeness (QED) is 0.105. The van der Waals surface area contributed by atoms with Crippen molar-refractivity contribution < 1.29 is 4.57 Å². The van der Waals surface area contributed by atoms with Crippen molar-refractivity contribution in [3.63, 3.8) is 0 Å². The number of benzene rings is 2. The molecule has 0 N–H and O–H groups in total. The van der Waals surface area contributed by atoms with Crippen molar-refractivity contribution in [1.82, 2.24) is 4.57 Å². The van der Waals surface area contributed by atoms with Crippen LogP contribution >= 0.6 is 0 Å². The van der Waals surface area contributed by atoms with Gasteiger partial charge in [0.2, 0.25) is 0 Å². The fourth-order valence-electron chi connectivity index (χ4n) is 5.83. The van der Waals surface area contributed by atoms with Gasteiger partial charge in [0.15, 0.2) is 0 Å². The molecule has 0 fully saturated rings. The van der Waals surface area contributed by atoms with E-state index in [1.165, 1.54) is 106 Å². The number of hydrogen-bond donors (Lipinski definition) is 0. The molecule has 1 unspecified atom stereocenters. The Kier molecular flexibility index (Phi) is 14.3. The van der Waals surface area contributed by atoms with Gasteiger partial charge in [-0.3, -0.25) is 0 Å². The number of imidazole rings is 1. The van der Waals surface area contributed by atoms with Gasteiger partial charge in [0.1, 0.15) is 11.9 Å². The molecule has 0 saturated carbocycles. The second kappa shape index (κ2) is 18.0. The highest BCUT2D eigenvalue weighted by Gasteiger charge is 2.24. The van der Waals surface area contributed by atoms with Crippen molar-refractivity contribution in [2.45, 2.75) is 136 Å². The standard InChI is InChI=1S/C36H55N2/c1-4-6-7-8-9-10-11-12-13-14-15-16-23-28-38-35(29-32(3)34-26-21-18-22-27-34)31-37(5-2)36(38)30-33-24-19-17-20-25-33/h17-22,24-27,31-32H,4-16,23,28-30H2,1-3H3/q+1. The maximum atomic E-state index is 2.68. The van der Waals surface area contributed by atoms with E-state index in [2.05, 4.69) is 96.8 Å². The Morgan fingerprint density at radius 3 is 1.74 bits per heavy atom. The van der Waals surface area contributed by atoms with E-state index in [0.717, 1.165) is 25.9 Å². The molecule has 2 aromatic carbocycles. The molecule has 38 heavy (non-hydrogen) atoms. The molecule has 0 aliphatic rings. The summed E-state index contributed by atoms with van der Waals surface area (Å²) in [5.74, 6) is 1.99. The predicted molar refractivity (Wildman–Crippen MR) is 164 cm³/mol. The summed E-state index contributed by atoms with van der Waals surface area (Å²) in [6.45, 7) is 9.14. The van der Waals surface area contributed by atoms with Crippen molar-refractivity contribution >= 4 is 0 Å². The molecule has 1 atom stereocenters. The van der Waals surface area contributed by atoms with Crippen LogP contribution in [0.2, 0.25) is 0 Å². The van der Waals surface area contributed by atoms with Crippen LogP contribution < -0.4 is 4.57 Å². The first-order chi connectivity index (χ1) is 18.7. The minimum atomic E-state index is 0.520. The predicted octanol–water partition coefficient (Wildman–Crippen LogP) is 9.82. The van der Waals surface area contributed by atoms with E-state index in [-0.39, 0.29) is 0 Å². The van der Waals surface area contributed by atoms with Crippen LogP contribution in [-0.4, -0.2) is 4.57 Å². The van der Waals surface area contributed by atoms with Crippen LogP contribution in [-0.2, 0) is 25.9 Å². The summed E-state index contributed by atoms with van der Waals surface area (Å²) in [5.41, 5.74) is 4.34. The van der Waals surface area contributed by atoms with Gasteiger partial charge in [0.05, 0.1) is 19.5 Å². The van der Waals surface area contributed by atoms with Crippen molar-refractivity contribution in [1.29, 1.82) is 0 Å². The summed E-state index contributed by atoms with van der Waals surface area (Å²) in [5, 5.41) is 0. The van der Waals surface area contributed by atoms with Gasteiger partial charge in [-0.2, -0.15) is 0 Å². The average Bonchev–Trinajstić information content (AvgIpc) is 3.27. The zero-order valence-corrected chi connectivity index (χ0v) is 24.8. The molecular formula is C36H55N2+. The number of unbranched alkanes of at least 4 members (excludes halogenated alkanes) is 12. The topological polar surface area (TPSA) is 8.81 Å². The van der Waals surface area contributed by atoms with E-state index in [1.807, 2.05) is 0 Å². The summed E-state index contributed by atoms with van der Waals surface area (Å²) < 4.78 is 5.18. The third-order valence-corrected chi connectivity index (χ3v) is 8.21.